The number of rotatable bonds is 7. The number of benzene rings is 1. The minimum Gasteiger partial charge on any atom is -0.438 e. The molecule has 0 spiro atoms. The topological polar surface area (TPSA) is 112 Å². The van der Waals surface area contributed by atoms with Crippen molar-refractivity contribution in [2.45, 2.75) is 19.8 Å². The maximum Gasteiger partial charge on any atom is 0.255 e. The van der Waals surface area contributed by atoms with Crippen molar-refractivity contribution in [3.63, 3.8) is 0 Å². The van der Waals surface area contributed by atoms with Crippen molar-refractivity contribution in [1.82, 2.24) is 9.97 Å². The summed E-state index contributed by atoms with van der Waals surface area (Å²) >= 11 is 0. The lowest BCUT2D eigenvalue weighted by Crippen LogP contribution is -2.14. The second-order valence-corrected chi connectivity index (χ2v) is 7.31. The third-order valence-corrected chi connectivity index (χ3v) is 3.88. The number of hydrogen-bond donors (Lipinski definition) is 1. The third kappa shape index (κ3) is 5.68. The van der Waals surface area contributed by atoms with Crippen molar-refractivity contribution >= 4 is 15.7 Å². The van der Waals surface area contributed by atoms with Gasteiger partial charge in [-0.2, -0.15) is 4.98 Å². The van der Waals surface area contributed by atoms with Crippen molar-refractivity contribution < 1.29 is 17.9 Å². The highest BCUT2D eigenvalue weighted by Crippen LogP contribution is 2.24. The molecule has 0 unspecified atom stereocenters. The summed E-state index contributed by atoms with van der Waals surface area (Å²) in [6, 6.07) is 7.06. The van der Waals surface area contributed by atoms with Gasteiger partial charge in [0.2, 0.25) is 5.88 Å². The van der Waals surface area contributed by atoms with E-state index in [4.69, 9.17) is 10.5 Å². The van der Waals surface area contributed by atoms with Crippen LogP contribution in [0.1, 0.15) is 28.7 Å². The van der Waals surface area contributed by atoms with Gasteiger partial charge in [-0.3, -0.25) is 4.79 Å². The zero-order valence-corrected chi connectivity index (χ0v) is 14.8. The van der Waals surface area contributed by atoms with Crippen molar-refractivity contribution in [1.29, 1.82) is 0 Å². The first-order valence-electron chi connectivity index (χ1n) is 7.57. The van der Waals surface area contributed by atoms with Gasteiger partial charge in [-0.1, -0.05) is 25.1 Å². The molecule has 0 fully saturated rings. The predicted molar refractivity (Wildman–Crippen MR) is 94.1 cm³/mol. The van der Waals surface area contributed by atoms with E-state index in [2.05, 4.69) is 9.97 Å². The van der Waals surface area contributed by atoms with Crippen LogP contribution >= 0.6 is 0 Å². The molecule has 25 heavy (non-hydrogen) atoms. The van der Waals surface area contributed by atoms with E-state index in [0.29, 0.717) is 24.4 Å². The Morgan fingerprint density at radius 1 is 1.36 bits per heavy atom. The van der Waals surface area contributed by atoms with E-state index in [9.17, 15) is 13.2 Å². The Bertz CT molecular complexity index is 908. The fourth-order valence-electron chi connectivity index (χ4n) is 2.02. The molecule has 0 aliphatic heterocycles. The Balaban J connectivity index is 2.25. The van der Waals surface area contributed by atoms with Gasteiger partial charge in [0, 0.05) is 24.3 Å². The molecule has 1 heterocycles. The van der Waals surface area contributed by atoms with E-state index in [1.54, 1.807) is 24.3 Å². The second-order valence-electron chi connectivity index (χ2n) is 5.38. The Labute approximate surface area is 146 Å². The van der Waals surface area contributed by atoms with Crippen LogP contribution in [-0.4, -0.2) is 30.5 Å². The molecule has 0 aliphatic carbocycles. The number of aryl methyl sites for hydroxylation is 1. The van der Waals surface area contributed by atoms with Crippen molar-refractivity contribution in [3.8, 4) is 11.6 Å². The van der Waals surface area contributed by atoms with Gasteiger partial charge in [-0.15, -0.1) is 0 Å². The van der Waals surface area contributed by atoms with Crippen molar-refractivity contribution in [3.05, 3.63) is 58.9 Å². The molecule has 132 valence electrons. The number of allylic oxidation sites excluding steroid dienone is 1. The van der Waals surface area contributed by atoms with Gasteiger partial charge in [0.25, 0.3) is 5.91 Å². The summed E-state index contributed by atoms with van der Waals surface area (Å²) in [5, 5.41) is 1.16. The lowest BCUT2D eigenvalue weighted by molar-refractivity contribution is 0.0997. The van der Waals surface area contributed by atoms with E-state index in [-0.39, 0.29) is 11.4 Å². The number of hydrogen-bond acceptors (Lipinski definition) is 6. The monoisotopic (exact) mass is 361 g/mol. The summed E-state index contributed by atoms with van der Waals surface area (Å²) in [5.74, 6) is 0.425. The molecule has 0 saturated carbocycles. The number of ether oxygens (including phenoxy) is 1. The van der Waals surface area contributed by atoms with Gasteiger partial charge >= 0.3 is 0 Å². The molecule has 0 saturated heterocycles. The molecule has 1 aromatic heterocycles. The minimum absolute atomic E-state index is 0.0968. The fraction of sp³-hybridized carbons (Fsp3) is 0.235. The summed E-state index contributed by atoms with van der Waals surface area (Å²) in [5.41, 5.74) is 6.28. The minimum atomic E-state index is -3.16. The van der Waals surface area contributed by atoms with E-state index in [1.807, 2.05) is 13.0 Å². The number of amides is 1. The maximum atomic E-state index is 11.5. The summed E-state index contributed by atoms with van der Waals surface area (Å²) in [6.07, 6.45) is 5.06. The predicted octanol–water partition coefficient (Wildman–Crippen LogP) is 2.03. The highest BCUT2D eigenvalue weighted by Gasteiger charge is 2.14. The van der Waals surface area contributed by atoms with E-state index >= 15 is 0 Å². The van der Waals surface area contributed by atoms with Gasteiger partial charge in [0.15, 0.2) is 9.84 Å². The normalized spacial score (nSPS) is 11.6. The zero-order chi connectivity index (χ0) is 18.4. The maximum absolute atomic E-state index is 11.5. The largest absolute Gasteiger partial charge is 0.438 e. The fourth-order valence-corrected chi connectivity index (χ4v) is 2.47. The highest BCUT2D eigenvalue weighted by molar-refractivity contribution is 7.93. The smallest absolute Gasteiger partial charge is 0.255 e. The lowest BCUT2D eigenvalue weighted by Gasteiger charge is -2.10. The number of nitrogens with two attached hydrogens (primary N) is 1. The Hall–Kier alpha value is -2.74. The summed E-state index contributed by atoms with van der Waals surface area (Å²) < 4.78 is 28.0. The molecule has 0 aliphatic rings. The highest BCUT2D eigenvalue weighted by atomic mass is 32.2. The molecule has 0 bridgehead atoms. The van der Waals surface area contributed by atoms with Crippen LogP contribution in [0.3, 0.4) is 0 Å². The third-order valence-electron chi connectivity index (χ3n) is 3.20. The van der Waals surface area contributed by atoms with Gasteiger partial charge in [0.1, 0.15) is 17.1 Å². The van der Waals surface area contributed by atoms with Crippen LogP contribution in [0.15, 0.2) is 41.9 Å². The molecular formula is C17H19N3O4S. The molecule has 0 radical (unpaired) electrons. The quantitative estimate of drug-likeness (QED) is 0.807. The molecule has 2 N–H and O–H groups in total. The van der Waals surface area contributed by atoms with E-state index < -0.39 is 15.7 Å². The Kier molecular flexibility index (Phi) is 5.87. The number of primary amides is 1. The van der Waals surface area contributed by atoms with Crippen LogP contribution < -0.4 is 10.5 Å². The van der Waals surface area contributed by atoms with Gasteiger partial charge in [-0.25, -0.2) is 13.4 Å². The standard InChI is InChI=1S/C17H19N3O4S/c1-3-15-19-11-14(16(18)21)17(20-15)24-13-8-4-6-12(10-13)7-5-9-25(2,22)23/h4-6,8-11H,3,7H2,1-2H3,(H2,18,21)/b9-5+. The number of sulfone groups is 1. The van der Waals surface area contributed by atoms with E-state index in [0.717, 1.165) is 17.2 Å². The molecule has 0 atom stereocenters. The van der Waals surface area contributed by atoms with Crippen LogP contribution in [0.4, 0.5) is 0 Å². The second kappa shape index (κ2) is 7.89. The molecule has 7 nitrogen and oxygen atoms in total. The molecule has 2 rings (SSSR count). The number of nitrogens with zero attached hydrogens (tertiary/aromatic N) is 2. The molecule has 1 aromatic carbocycles. The van der Waals surface area contributed by atoms with Crippen molar-refractivity contribution in [2.24, 2.45) is 5.73 Å². The number of carbonyl (C=O) groups excluding carboxylic acids is 1. The first-order valence-corrected chi connectivity index (χ1v) is 9.53. The SMILES string of the molecule is CCc1ncc(C(N)=O)c(Oc2cccc(C/C=C/S(C)(=O)=O)c2)n1. The molecule has 1 amide bonds. The molecule has 2 aromatic rings. The number of carbonyl (C=O) groups is 1. The summed E-state index contributed by atoms with van der Waals surface area (Å²) in [6.45, 7) is 1.89. The van der Waals surface area contributed by atoms with Gasteiger partial charge < -0.3 is 10.5 Å². The first kappa shape index (κ1) is 18.6. The average molecular weight is 361 g/mol. The molecular weight excluding hydrogens is 342 g/mol. The van der Waals surface area contributed by atoms with Crippen molar-refractivity contribution in [2.75, 3.05) is 6.26 Å². The zero-order valence-electron chi connectivity index (χ0n) is 14.0. The van der Waals surface area contributed by atoms with Crippen LogP contribution in [0.2, 0.25) is 0 Å². The van der Waals surface area contributed by atoms with Crippen LogP contribution in [0.5, 0.6) is 11.6 Å². The summed E-state index contributed by atoms with van der Waals surface area (Å²) in [4.78, 5) is 19.8. The lowest BCUT2D eigenvalue weighted by atomic mass is 10.1. The Morgan fingerprint density at radius 3 is 2.76 bits per heavy atom. The number of aromatic nitrogens is 2. The molecule has 8 heteroatoms. The van der Waals surface area contributed by atoms with Gasteiger partial charge in [0.05, 0.1) is 0 Å². The van der Waals surface area contributed by atoms with Gasteiger partial charge in [-0.05, 0) is 24.1 Å². The summed E-state index contributed by atoms with van der Waals surface area (Å²) in [7, 11) is -3.16. The first-order chi connectivity index (χ1) is 11.8. The van der Waals surface area contributed by atoms with Crippen LogP contribution in [0.25, 0.3) is 0 Å². The average Bonchev–Trinajstić information content (AvgIpc) is 2.53. The Morgan fingerprint density at radius 2 is 2.12 bits per heavy atom. The van der Waals surface area contributed by atoms with Crippen LogP contribution in [0, 0.1) is 0 Å². The van der Waals surface area contributed by atoms with E-state index in [1.165, 1.54) is 6.20 Å². The van der Waals surface area contributed by atoms with Crippen LogP contribution in [-0.2, 0) is 22.7 Å².